The predicted molar refractivity (Wildman–Crippen MR) is 109 cm³/mol. The lowest BCUT2D eigenvalue weighted by Gasteiger charge is -2.22. The fourth-order valence-electron chi connectivity index (χ4n) is 2.40. The Kier molecular flexibility index (Phi) is 9.01. The predicted octanol–water partition coefficient (Wildman–Crippen LogP) is 3.20. The summed E-state index contributed by atoms with van der Waals surface area (Å²) in [5.41, 5.74) is 8.13. The summed E-state index contributed by atoms with van der Waals surface area (Å²) in [6.45, 7) is 9.03. The summed E-state index contributed by atoms with van der Waals surface area (Å²) in [6.07, 6.45) is 2.32. The summed E-state index contributed by atoms with van der Waals surface area (Å²) in [5.74, 6) is 0.476. The van der Waals surface area contributed by atoms with Gasteiger partial charge in [0.1, 0.15) is 0 Å². The molecule has 0 aromatic heterocycles. The van der Waals surface area contributed by atoms with Gasteiger partial charge in [0, 0.05) is 18.8 Å². The number of nitrogens with one attached hydrogen (secondary N) is 1. The highest BCUT2D eigenvalue weighted by molar-refractivity contribution is 14.0. The van der Waals surface area contributed by atoms with E-state index in [2.05, 4.69) is 55.3 Å². The first-order valence-electron chi connectivity index (χ1n) is 8.28. The number of aliphatic imine (C=N–C) groups is 1. The van der Waals surface area contributed by atoms with Crippen LogP contribution in [-0.2, 0) is 22.6 Å². The molecule has 136 valence electrons. The lowest BCUT2D eigenvalue weighted by Crippen LogP contribution is -2.44. The minimum Gasteiger partial charge on any atom is -0.381 e. The van der Waals surface area contributed by atoms with Gasteiger partial charge in [-0.15, -0.1) is 24.0 Å². The second-order valence-electron chi connectivity index (χ2n) is 7.02. The van der Waals surface area contributed by atoms with Crippen LogP contribution in [0, 0.1) is 0 Å². The van der Waals surface area contributed by atoms with E-state index in [-0.39, 0.29) is 29.5 Å². The van der Waals surface area contributed by atoms with Crippen LogP contribution in [0.2, 0.25) is 0 Å². The third-order valence-corrected chi connectivity index (χ3v) is 3.61. The highest BCUT2D eigenvalue weighted by Crippen LogP contribution is 2.14. The lowest BCUT2D eigenvalue weighted by atomic mass is 10.1. The molecule has 0 aliphatic carbocycles. The lowest BCUT2D eigenvalue weighted by molar-refractivity contribution is -0.0390. The van der Waals surface area contributed by atoms with Crippen molar-refractivity contribution in [3.8, 4) is 0 Å². The van der Waals surface area contributed by atoms with Gasteiger partial charge in [0.2, 0.25) is 0 Å². The number of hydrogen-bond donors (Lipinski definition) is 2. The summed E-state index contributed by atoms with van der Waals surface area (Å²) in [7, 11) is 0. The van der Waals surface area contributed by atoms with E-state index in [9.17, 15) is 0 Å². The monoisotopic (exact) mass is 447 g/mol. The van der Waals surface area contributed by atoms with Crippen LogP contribution in [0.1, 0.15) is 44.7 Å². The zero-order chi connectivity index (χ0) is 16.7. The molecule has 0 unspecified atom stereocenters. The number of halogens is 1. The average Bonchev–Trinajstić information content (AvgIpc) is 2.51. The molecule has 0 saturated carbocycles. The summed E-state index contributed by atoms with van der Waals surface area (Å²) >= 11 is 0. The number of guanidine groups is 1. The minimum absolute atomic E-state index is 0. The van der Waals surface area contributed by atoms with E-state index in [0.717, 1.165) is 31.6 Å². The Hall–Kier alpha value is -0.860. The minimum atomic E-state index is -0.0705. The third-order valence-electron chi connectivity index (χ3n) is 3.61. The fraction of sp³-hybridized carbons (Fsp3) is 0.611. The Morgan fingerprint density at radius 1 is 1.21 bits per heavy atom. The molecular formula is C18H30IN3O2. The van der Waals surface area contributed by atoms with Gasteiger partial charge in [0.25, 0.3) is 0 Å². The van der Waals surface area contributed by atoms with Gasteiger partial charge in [-0.05, 0) is 44.7 Å². The van der Waals surface area contributed by atoms with Crippen molar-refractivity contribution < 1.29 is 9.47 Å². The van der Waals surface area contributed by atoms with Gasteiger partial charge >= 0.3 is 0 Å². The van der Waals surface area contributed by atoms with Crippen LogP contribution in [-0.4, -0.2) is 30.8 Å². The second kappa shape index (κ2) is 10.2. The van der Waals surface area contributed by atoms with E-state index in [1.54, 1.807) is 0 Å². The summed E-state index contributed by atoms with van der Waals surface area (Å²) in [5, 5.41) is 3.15. The molecule has 0 radical (unpaired) electrons. The van der Waals surface area contributed by atoms with Crippen LogP contribution in [0.25, 0.3) is 0 Å². The molecule has 0 amide bonds. The number of hydrogen-bond acceptors (Lipinski definition) is 3. The molecule has 1 heterocycles. The van der Waals surface area contributed by atoms with Crippen molar-refractivity contribution in [3.05, 3.63) is 35.4 Å². The van der Waals surface area contributed by atoms with Crippen LogP contribution in [0.5, 0.6) is 0 Å². The van der Waals surface area contributed by atoms with Gasteiger partial charge in [-0.2, -0.15) is 0 Å². The van der Waals surface area contributed by atoms with E-state index in [0.29, 0.717) is 25.2 Å². The topological polar surface area (TPSA) is 68.9 Å². The molecule has 2 rings (SSSR count). The normalized spacial score (nSPS) is 16.5. The maximum Gasteiger partial charge on any atom is 0.189 e. The van der Waals surface area contributed by atoms with Crippen LogP contribution in [0.4, 0.5) is 0 Å². The Morgan fingerprint density at radius 3 is 2.38 bits per heavy atom. The van der Waals surface area contributed by atoms with Crippen molar-refractivity contribution in [3.63, 3.8) is 0 Å². The molecule has 0 atom stereocenters. The van der Waals surface area contributed by atoms with Gasteiger partial charge in [-0.1, -0.05) is 24.3 Å². The Morgan fingerprint density at radius 2 is 1.79 bits per heavy atom. The second-order valence-corrected chi connectivity index (χ2v) is 7.02. The number of rotatable bonds is 5. The molecule has 6 heteroatoms. The van der Waals surface area contributed by atoms with Crippen molar-refractivity contribution in [2.75, 3.05) is 13.2 Å². The van der Waals surface area contributed by atoms with Crippen LogP contribution in [0.3, 0.4) is 0 Å². The highest BCUT2D eigenvalue weighted by Gasteiger charge is 2.14. The third kappa shape index (κ3) is 8.30. The van der Waals surface area contributed by atoms with Crippen LogP contribution < -0.4 is 11.1 Å². The fourth-order valence-corrected chi connectivity index (χ4v) is 2.40. The molecule has 0 spiro atoms. The molecule has 3 N–H and O–H groups in total. The molecule has 1 aromatic rings. The molecule has 1 aromatic carbocycles. The van der Waals surface area contributed by atoms with E-state index in [4.69, 9.17) is 15.2 Å². The molecular weight excluding hydrogens is 417 g/mol. The summed E-state index contributed by atoms with van der Waals surface area (Å²) in [6, 6.07) is 8.35. The molecule has 5 nitrogen and oxygen atoms in total. The summed E-state index contributed by atoms with van der Waals surface area (Å²) < 4.78 is 11.3. The zero-order valence-corrected chi connectivity index (χ0v) is 17.2. The Bertz CT molecular complexity index is 506. The molecule has 0 bridgehead atoms. The smallest absolute Gasteiger partial charge is 0.189 e. The molecule has 24 heavy (non-hydrogen) atoms. The molecule has 1 fully saturated rings. The Labute approximate surface area is 162 Å². The van der Waals surface area contributed by atoms with Gasteiger partial charge in [0.15, 0.2) is 5.96 Å². The highest BCUT2D eigenvalue weighted by atomic mass is 127. The van der Waals surface area contributed by atoms with Crippen molar-refractivity contribution >= 4 is 29.9 Å². The van der Waals surface area contributed by atoms with Gasteiger partial charge < -0.3 is 20.5 Å². The average molecular weight is 447 g/mol. The van der Waals surface area contributed by atoms with E-state index >= 15 is 0 Å². The van der Waals surface area contributed by atoms with Crippen LogP contribution >= 0.6 is 24.0 Å². The first-order valence-corrected chi connectivity index (χ1v) is 8.28. The maximum atomic E-state index is 5.92. The molecule has 1 aliphatic rings. The number of ether oxygens (including phenoxy) is 2. The zero-order valence-electron chi connectivity index (χ0n) is 14.9. The Balaban J connectivity index is 0.00000288. The number of nitrogens with two attached hydrogens (primary N) is 1. The van der Waals surface area contributed by atoms with Crippen molar-refractivity contribution in [1.29, 1.82) is 0 Å². The SMILES string of the molecule is CC(C)(C)NC(N)=NCc1ccc(COC2CCOCC2)cc1.I. The van der Waals surface area contributed by atoms with E-state index < -0.39 is 0 Å². The van der Waals surface area contributed by atoms with Crippen LogP contribution in [0.15, 0.2) is 29.3 Å². The van der Waals surface area contributed by atoms with E-state index in [1.807, 2.05) is 0 Å². The first-order chi connectivity index (χ1) is 10.9. The standard InChI is InChI=1S/C18H29N3O2.HI/c1-18(2,3)21-17(19)20-12-14-4-6-15(7-5-14)13-23-16-8-10-22-11-9-16;/h4-7,16H,8-13H2,1-3H3,(H3,19,20,21);1H. The van der Waals surface area contributed by atoms with Gasteiger partial charge in [0.05, 0.1) is 19.3 Å². The quantitative estimate of drug-likeness (QED) is 0.413. The first kappa shape index (κ1) is 21.2. The summed E-state index contributed by atoms with van der Waals surface area (Å²) in [4.78, 5) is 4.37. The molecule has 1 saturated heterocycles. The van der Waals surface area contributed by atoms with Crippen molar-refractivity contribution in [2.45, 2.75) is 58.4 Å². The van der Waals surface area contributed by atoms with Gasteiger partial charge in [-0.3, -0.25) is 0 Å². The van der Waals surface area contributed by atoms with E-state index in [1.165, 1.54) is 5.56 Å². The van der Waals surface area contributed by atoms with Crippen molar-refractivity contribution in [2.24, 2.45) is 10.7 Å². The molecule has 1 aliphatic heterocycles. The number of benzene rings is 1. The number of nitrogens with zero attached hydrogens (tertiary/aromatic N) is 1. The maximum absolute atomic E-state index is 5.92. The van der Waals surface area contributed by atoms with Gasteiger partial charge in [-0.25, -0.2) is 4.99 Å². The van der Waals surface area contributed by atoms with Crippen molar-refractivity contribution in [1.82, 2.24) is 5.32 Å². The largest absolute Gasteiger partial charge is 0.381 e.